The molecule has 0 aromatic heterocycles. The van der Waals surface area contributed by atoms with Gasteiger partial charge in [-0.3, -0.25) is 0 Å². The van der Waals surface area contributed by atoms with Crippen LogP contribution in [0.3, 0.4) is 0 Å². The number of benzene rings is 4. The molecule has 1 heteroatoms. The molecule has 166 valence electrons. The van der Waals surface area contributed by atoms with Crippen LogP contribution in [0, 0.1) is 6.92 Å². The molecule has 0 saturated carbocycles. The molecule has 0 heterocycles. The van der Waals surface area contributed by atoms with Gasteiger partial charge >= 0.3 is 0 Å². The van der Waals surface area contributed by atoms with Gasteiger partial charge in [-0.05, 0) is 84.0 Å². The number of hydrogen-bond acceptors (Lipinski definition) is 1. The van der Waals surface area contributed by atoms with E-state index in [1.165, 1.54) is 44.9 Å². The summed E-state index contributed by atoms with van der Waals surface area (Å²) in [4.78, 5) is 2.36. The Kier molecular flexibility index (Phi) is 6.27. The topological polar surface area (TPSA) is 3.24 Å². The van der Waals surface area contributed by atoms with Gasteiger partial charge in [-0.15, -0.1) is 0 Å². The van der Waals surface area contributed by atoms with Crippen molar-refractivity contribution in [2.75, 3.05) is 4.90 Å². The molecule has 5 rings (SSSR count). The average Bonchev–Trinajstić information content (AvgIpc) is 2.90. The predicted molar refractivity (Wildman–Crippen MR) is 147 cm³/mol. The lowest BCUT2D eigenvalue weighted by molar-refractivity contribution is 0.930. The molecule has 0 atom stereocenters. The van der Waals surface area contributed by atoms with Crippen LogP contribution in [0.5, 0.6) is 0 Å². The second kappa shape index (κ2) is 9.80. The lowest BCUT2D eigenvalue weighted by atomic mass is 9.92. The van der Waals surface area contributed by atoms with E-state index in [1.807, 2.05) is 6.08 Å². The fraction of sp³-hybridized carbons (Fsp3) is 0.0909. The van der Waals surface area contributed by atoms with E-state index < -0.39 is 0 Å². The zero-order chi connectivity index (χ0) is 23.3. The highest BCUT2D eigenvalue weighted by Crippen LogP contribution is 2.36. The Labute approximate surface area is 203 Å². The maximum Gasteiger partial charge on any atom is 0.0458 e. The first kappa shape index (κ1) is 21.7. The molecule has 1 nitrogen and oxygen atoms in total. The molecule has 0 saturated heterocycles. The Morgan fingerprint density at radius 2 is 1.32 bits per heavy atom. The van der Waals surface area contributed by atoms with E-state index in [9.17, 15) is 0 Å². The molecule has 0 N–H and O–H groups in total. The number of hydrogen-bond donors (Lipinski definition) is 0. The summed E-state index contributed by atoms with van der Waals surface area (Å²) >= 11 is 0. The first-order valence-electron chi connectivity index (χ1n) is 11.9. The quantitative estimate of drug-likeness (QED) is 0.289. The first-order chi connectivity index (χ1) is 16.7. The van der Waals surface area contributed by atoms with E-state index in [2.05, 4.69) is 134 Å². The van der Waals surface area contributed by atoms with Crippen molar-refractivity contribution in [3.8, 4) is 11.1 Å². The van der Waals surface area contributed by atoms with E-state index >= 15 is 0 Å². The third kappa shape index (κ3) is 4.65. The van der Waals surface area contributed by atoms with Gasteiger partial charge in [0.2, 0.25) is 0 Å². The van der Waals surface area contributed by atoms with Crippen molar-refractivity contribution in [1.82, 2.24) is 0 Å². The molecule has 0 unspecified atom stereocenters. The van der Waals surface area contributed by atoms with E-state index in [0.717, 1.165) is 18.4 Å². The van der Waals surface area contributed by atoms with Crippen LogP contribution in [0.1, 0.15) is 29.5 Å². The standard InChI is InChI=1S/C33H29N/c1-3-26-15-19-32(20-16-26)34(31-13-5-4-6-14-31)33-21-17-27(18-22-33)29-11-8-12-30(24-29)28-10-7-9-25(2)23-28/h3-17,19-21,23-24H,1,18,22H2,2H3. The fourth-order valence-electron chi connectivity index (χ4n) is 4.59. The van der Waals surface area contributed by atoms with Gasteiger partial charge in [0.05, 0.1) is 0 Å². The number of anilines is 2. The minimum absolute atomic E-state index is 0.985. The number of para-hydroxylation sites is 1. The zero-order valence-electron chi connectivity index (χ0n) is 19.6. The van der Waals surface area contributed by atoms with Gasteiger partial charge < -0.3 is 4.90 Å². The lowest BCUT2D eigenvalue weighted by Crippen LogP contribution is -2.17. The van der Waals surface area contributed by atoms with Crippen molar-refractivity contribution < 1.29 is 0 Å². The summed E-state index contributed by atoms with van der Waals surface area (Å²) in [5.74, 6) is 0. The van der Waals surface area contributed by atoms with Crippen LogP contribution in [0.2, 0.25) is 0 Å². The zero-order valence-corrected chi connectivity index (χ0v) is 19.6. The van der Waals surface area contributed by atoms with Crippen LogP contribution < -0.4 is 4.90 Å². The Balaban J connectivity index is 1.48. The van der Waals surface area contributed by atoms with Gasteiger partial charge in [-0.1, -0.05) is 97.1 Å². The molecule has 0 aliphatic heterocycles. The van der Waals surface area contributed by atoms with Crippen LogP contribution in [-0.2, 0) is 0 Å². The van der Waals surface area contributed by atoms with Crippen molar-refractivity contribution in [2.45, 2.75) is 19.8 Å². The molecule has 4 aromatic rings. The summed E-state index contributed by atoms with van der Waals surface area (Å²) in [5, 5.41) is 0. The van der Waals surface area contributed by atoms with Crippen molar-refractivity contribution in [2.24, 2.45) is 0 Å². The van der Waals surface area contributed by atoms with Crippen molar-refractivity contribution >= 4 is 23.0 Å². The van der Waals surface area contributed by atoms with Crippen LogP contribution in [0.15, 0.2) is 128 Å². The maximum absolute atomic E-state index is 3.89. The molecule has 0 amide bonds. The molecule has 0 fully saturated rings. The van der Waals surface area contributed by atoms with Gasteiger partial charge in [-0.2, -0.15) is 0 Å². The third-order valence-electron chi connectivity index (χ3n) is 6.40. The number of rotatable bonds is 6. The highest BCUT2D eigenvalue weighted by atomic mass is 15.1. The van der Waals surface area contributed by atoms with Crippen molar-refractivity contribution in [3.05, 3.63) is 144 Å². The van der Waals surface area contributed by atoms with E-state index in [4.69, 9.17) is 0 Å². The van der Waals surface area contributed by atoms with Gasteiger partial charge in [0.25, 0.3) is 0 Å². The fourth-order valence-corrected chi connectivity index (χ4v) is 4.59. The van der Waals surface area contributed by atoms with Gasteiger partial charge in [-0.25, -0.2) is 0 Å². The van der Waals surface area contributed by atoms with E-state index in [1.54, 1.807) is 0 Å². The Morgan fingerprint density at radius 1 is 0.647 bits per heavy atom. The average molecular weight is 440 g/mol. The minimum Gasteiger partial charge on any atom is -0.314 e. The summed E-state index contributed by atoms with van der Waals surface area (Å²) in [6.07, 6.45) is 8.46. The normalized spacial score (nSPS) is 13.1. The largest absolute Gasteiger partial charge is 0.314 e. The lowest BCUT2D eigenvalue weighted by Gasteiger charge is -2.30. The van der Waals surface area contributed by atoms with Gasteiger partial charge in [0.15, 0.2) is 0 Å². The minimum atomic E-state index is 0.985. The maximum atomic E-state index is 3.89. The van der Waals surface area contributed by atoms with Crippen molar-refractivity contribution in [1.29, 1.82) is 0 Å². The molecule has 0 radical (unpaired) electrons. The molecule has 0 spiro atoms. The SMILES string of the molecule is C=Cc1ccc(N(C2=CC=C(c3cccc(-c4cccc(C)c4)c3)CC2)c2ccccc2)cc1. The summed E-state index contributed by atoms with van der Waals surface area (Å²) in [6.45, 7) is 6.03. The Morgan fingerprint density at radius 3 is 2.00 bits per heavy atom. The Hall–Kier alpha value is -4.10. The molecule has 1 aliphatic rings. The molecule has 4 aromatic carbocycles. The monoisotopic (exact) mass is 439 g/mol. The van der Waals surface area contributed by atoms with Crippen LogP contribution >= 0.6 is 0 Å². The summed E-state index contributed by atoms with van der Waals surface area (Å²) in [7, 11) is 0. The highest BCUT2D eigenvalue weighted by molar-refractivity contribution is 5.77. The highest BCUT2D eigenvalue weighted by Gasteiger charge is 2.18. The molecule has 34 heavy (non-hydrogen) atoms. The van der Waals surface area contributed by atoms with E-state index in [-0.39, 0.29) is 0 Å². The number of allylic oxidation sites excluding steroid dienone is 4. The number of aryl methyl sites for hydroxylation is 1. The predicted octanol–water partition coefficient (Wildman–Crippen LogP) is 9.20. The van der Waals surface area contributed by atoms with Crippen LogP contribution in [0.4, 0.5) is 11.4 Å². The smallest absolute Gasteiger partial charge is 0.0458 e. The van der Waals surface area contributed by atoms with E-state index in [0.29, 0.717) is 0 Å². The summed E-state index contributed by atoms with van der Waals surface area (Å²) in [6, 6.07) is 36.9. The molecule has 1 aliphatic carbocycles. The molecular formula is C33H29N. The van der Waals surface area contributed by atoms with Crippen LogP contribution in [0.25, 0.3) is 22.8 Å². The second-order valence-corrected chi connectivity index (χ2v) is 8.77. The summed E-state index contributed by atoms with van der Waals surface area (Å²) in [5.41, 5.74) is 11.3. The summed E-state index contributed by atoms with van der Waals surface area (Å²) < 4.78 is 0. The first-order valence-corrected chi connectivity index (χ1v) is 11.9. The number of nitrogens with zero attached hydrogens (tertiary/aromatic N) is 1. The van der Waals surface area contributed by atoms with Gasteiger partial charge in [0, 0.05) is 17.1 Å². The third-order valence-corrected chi connectivity index (χ3v) is 6.40. The molecular weight excluding hydrogens is 410 g/mol. The van der Waals surface area contributed by atoms with Crippen molar-refractivity contribution in [3.63, 3.8) is 0 Å². The second-order valence-electron chi connectivity index (χ2n) is 8.77. The molecule has 0 bridgehead atoms. The van der Waals surface area contributed by atoms with Gasteiger partial charge in [0.1, 0.15) is 0 Å². The van der Waals surface area contributed by atoms with Crippen LogP contribution in [-0.4, -0.2) is 0 Å². The Bertz CT molecular complexity index is 1360.